The topological polar surface area (TPSA) is 29.5 Å². The zero-order valence-corrected chi connectivity index (χ0v) is 14.2. The Labute approximate surface area is 145 Å². The van der Waals surface area contributed by atoms with Crippen LogP contribution in [0.3, 0.4) is 0 Å². The van der Waals surface area contributed by atoms with E-state index in [0.29, 0.717) is 21.7 Å². The van der Waals surface area contributed by atoms with Crippen LogP contribution in [-0.2, 0) is 0 Å². The van der Waals surface area contributed by atoms with Gasteiger partial charge in [0, 0.05) is 27.6 Å². The molecule has 1 atom stereocenters. The molecule has 0 spiro atoms. The molecule has 0 aliphatic heterocycles. The Hall–Kier alpha value is -0.930. The fourth-order valence-corrected chi connectivity index (χ4v) is 2.92. The van der Waals surface area contributed by atoms with Crippen LogP contribution < -0.4 is 4.74 Å². The van der Waals surface area contributed by atoms with E-state index in [1.807, 2.05) is 18.2 Å². The molecule has 2 aromatic rings. The summed E-state index contributed by atoms with van der Waals surface area (Å²) in [4.78, 5) is 0. The van der Waals surface area contributed by atoms with Crippen molar-refractivity contribution in [3.8, 4) is 5.75 Å². The molecule has 0 aromatic heterocycles. The maximum absolute atomic E-state index is 9.57. The number of aliphatic hydroxyl groups excluding tert-OH is 1. The van der Waals surface area contributed by atoms with Gasteiger partial charge in [0.25, 0.3) is 0 Å². The Morgan fingerprint density at radius 3 is 2.27 bits per heavy atom. The molecule has 0 radical (unpaired) electrons. The molecule has 2 nitrogen and oxygen atoms in total. The summed E-state index contributed by atoms with van der Waals surface area (Å²) in [5.41, 5.74) is 0.917. The maximum Gasteiger partial charge on any atom is 0.119 e. The maximum atomic E-state index is 9.57. The Morgan fingerprint density at radius 2 is 1.64 bits per heavy atom. The van der Waals surface area contributed by atoms with Crippen LogP contribution in [0.5, 0.6) is 5.75 Å². The summed E-state index contributed by atoms with van der Waals surface area (Å²) < 4.78 is 5.65. The summed E-state index contributed by atoms with van der Waals surface area (Å²) in [6, 6.07) is 12.6. The molecule has 0 aliphatic carbocycles. The van der Waals surface area contributed by atoms with Gasteiger partial charge < -0.3 is 9.84 Å². The van der Waals surface area contributed by atoms with E-state index in [2.05, 4.69) is 0 Å². The minimum absolute atomic E-state index is 0.0152. The third kappa shape index (κ3) is 5.06. The molecule has 0 amide bonds. The second-order valence-electron chi connectivity index (χ2n) is 4.99. The largest absolute Gasteiger partial charge is 0.494 e. The summed E-state index contributed by atoms with van der Waals surface area (Å²) in [6.07, 6.45) is 1.60. The molecular weight excluding hydrogens is 343 g/mol. The van der Waals surface area contributed by atoms with Crippen molar-refractivity contribution in [2.24, 2.45) is 0 Å². The fourth-order valence-electron chi connectivity index (χ4n) is 2.23. The van der Waals surface area contributed by atoms with Crippen LogP contribution in [0.25, 0.3) is 0 Å². The lowest BCUT2D eigenvalue weighted by molar-refractivity contribution is 0.243. The van der Waals surface area contributed by atoms with Crippen molar-refractivity contribution in [1.29, 1.82) is 0 Å². The second kappa shape index (κ2) is 8.64. The predicted octanol–water partition coefficient (Wildman–Crippen LogP) is 5.58. The lowest BCUT2D eigenvalue weighted by Crippen LogP contribution is -2.07. The first kappa shape index (κ1) is 17.4. The van der Waals surface area contributed by atoms with E-state index in [-0.39, 0.29) is 12.5 Å². The number of rotatable bonds is 7. The average molecular weight is 360 g/mol. The van der Waals surface area contributed by atoms with Gasteiger partial charge in [-0.25, -0.2) is 0 Å². The number of hydrogen-bond acceptors (Lipinski definition) is 2. The van der Waals surface area contributed by atoms with Gasteiger partial charge in [0.15, 0.2) is 0 Å². The Balaban J connectivity index is 1.84. The minimum atomic E-state index is -0.0152. The average Bonchev–Trinajstić information content (AvgIpc) is 2.50. The van der Waals surface area contributed by atoms with E-state index < -0.39 is 0 Å². The molecule has 0 bridgehead atoms. The summed E-state index contributed by atoms with van der Waals surface area (Å²) in [6.45, 7) is 0.617. The van der Waals surface area contributed by atoms with E-state index in [0.717, 1.165) is 24.2 Å². The number of hydrogen-bond donors (Lipinski definition) is 1. The van der Waals surface area contributed by atoms with Gasteiger partial charge in [-0.2, -0.15) is 0 Å². The van der Waals surface area contributed by atoms with Crippen LogP contribution >= 0.6 is 34.8 Å². The van der Waals surface area contributed by atoms with E-state index in [4.69, 9.17) is 39.5 Å². The van der Waals surface area contributed by atoms with Gasteiger partial charge in [0.05, 0.1) is 6.61 Å². The lowest BCUT2D eigenvalue weighted by atomic mass is 9.95. The third-order valence-corrected chi connectivity index (χ3v) is 4.22. The quantitative estimate of drug-likeness (QED) is 0.654. The van der Waals surface area contributed by atoms with Gasteiger partial charge in [-0.3, -0.25) is 0 Å². The van der Waals surface area contributed by atoms with Gasteiger partial charge in [-0.1, -0.05) is 40.9 Å². The summed E-state index contributed by atoms with van der Waals surface area (Å²) in [5.74, 6) is 0.771. The van der Waals surface area contributed by atoms with E-state index >= 15 is 0 Å². The summed E-state index contributed by atoms with van der Waals surface area (Å²) in [7, 11) is 0. The molecule has 0 fully saturated rings. The highest BCUT2D eigenvalue weighted by Crippen LogP contribution is 2.30. The first-order valence-corrected chi connectivity index (χ1v) is 8.17. The van der Waals surface area contributed by atoms with Crippen molar-refractivity contribution in [2.75, 3.05) is 13.2 Å². The molecule has 2 aromatic carbocycles. The number of aliphatic hydroxyl groups is 1. The van der Waals surface area contributed by atoms with Crippen LogP contribution in [0.15, 0.2) is 42.5 Å². The van der Waals surface area contributed by atoms with Gasteiger partial charge in [-0.05, 0) is 54.8 Å². The number of benzene rings is 2. The van der Waals surface area contributed by atoms with Crippen molar-refractivity contribution >= 4 is 34.8 Å². The fraction of sp³-hybridized carbons (Fsp3) is 0.294. The number of halogens is 3. The SMILES string of the molecule is OC[C@H](CCCOc1ccc(Cl)cc1)c1ccc(Cl)cc1Cl. The van der Waals surface area contributed by atoms with Gasteiger partial charge in [0.2, 0.25) is 0 Å². The van der Waals surface area contributed by atoms with E-state index in [9.17, 15) is 5.11 Å². The normalized spacial score (nSPS) is 12.2. The van der Waals surface area contributed by atoms with Crippen molar-refractivity contribution in [3.05, 3.63) is 63.1 Å². The van der Waals surface area contributed by atoms with E-state index in [1.54, 1.807) is 24.3 Å². The first-order chi connectivity index (χ1) is 10.6. The van der Waals surface area contributed by atoms with Crippen molar-refractivity contribution in [2.45, 2.75) is 18.8 Å². The van der Waals surface area contributed by atoms with Crippen LogP contribution in [-0.4, -0.2) is 18.3 Å². The Morgan fingerprint density at radius 1 is 0.955 bits per heavy atom. The molecule has 0 saturated carbocycles. The van der Waals surface area contributed by atoms with Crippen molar-refractivity contribution in [1.82, 2.24) is 0 Å². The molecule has 0 heterocycles. The summed E-state index contributed by atoms with van der Waals surface area (Å²) >= 11 is 17.9. The highest BCUT2D eigenvalue weighted by Gasteiger charge is 2.14. The molecule has 0 unspecified atom stereocenters. The first-order valence-electron chi connectivity index (χ1n) is 7.04. The Bertz CT molecular complexity index is 599. The highest BCUT2D eigenvalue weighted by molar-refractivity contribution is 6.35. The zero-order valence-electron chi connectivity index (χ0n) is 11.9. The molecule has 2 rings (SSSR count). The molecular formula is C17H17Cl3O2. The molecule has 118 valence electrons. The van der Waals surface area contributed by atoms with Crippen LogP contribution in [0.1, 0.15) is 24.3 Å². The number of ether oxygens (including phenoxy) is 1. The summed E-state index contributed by atoms with van der Waals surface area (Å²) in [5, 5.41) is 11.4. The van der Waals surface area contributed by atoms with E-state index in [1.165, 1.54) is 0 Å². The van der Waals surface area contributed by atoms with Gasteiger partial charge >= 0.3 is 0 Å². The second-order valence-corrected chi connectivity index (χ2v) is 6.27. The van der Waals surface area contributed by atoms with Crippen molar-refractivity contribution < 1.29 is 9.84 Å². The third-order valence-electron chi connectivity index (χ3n) is 3.40. The van der Waals surface area contributed by atoms with Gasteiger partial charge in [0.1, 0.15) is 5.75 Å². The monoisotopic (exact) mass is 358 g/mol. The lowest BCUT2D eigenvalue weighted by Gasteiger charge is -2.16. The van der Waals surface area contributed by atoms with Gasteiger partial charge in [-0.15, -0.1) is 0 Å². The van der Waals surface area contributed by atoms with Crippen LogP contribution in [0.2, 0.25) is 15.1 Å². The standard InChI is InChI=1S/C17H17Cl3O2/c18-13-3-6-15(7-4-13)22-9-1-2-12(11-21)16-8-5-14(19)10-17(16)20/h3-8,10,12,21H,1-2,9,11H2/t12-/m0/s1. The molecule has 0 aliphatic rings. The molecule has 22 heavy (non-hydrogen) atoms. The van der Waals surface area contributed by atoms with Crippen molar-refractivity contribution in [3.63, 3.8) is 0 Å². The van der Waals surface area contributed by atoms with Crippen LogP contribution in [0, 0.1) is 0 Å². The Kier molecular flexibility index (Phi) is 6.84. The zero-order chi connectivity index (χ0) is 15.9. The highest BCUT2D eigenvalue weighted by atomic mass is 35.5. The molecule has 0 saturated heterocycles. The van der Waals surface area contributed by atoms with Crippen LogP contribution in [0.4, 0.5) is 0 Å². The predicted molar refractivity (Wildman–Crippen MR) is 92.5 cm³/mol. The minimum Gasteiger partial charge on any atom is -0.494 e. The molecule has 5 heteroatoms. The molecule has 1 N–H and O–H groups in total. The smallest absolute Gasteiger partial charge is 0.119 e.